The molecule has 1 fully saturated rings. The third-order valence-corrected chi connectivity index (χ3v) is 5.06. The second-order valence-corrected chi connectivity index (χ2v) is 6.82. The van der Waals surface area contributed by atoms with E-state index in [4.69, 9.17) is 16.0 Å². The first kappa shape index (κ1) is 16.6. The van der Waals surface area contributed by atoms with Crippen molar-refractivity contribution in [3.63, 3.8) is 0 Å². The lowest BCUT2D eigenvalue weighted by Gasteiger charge is -2.38. The van der Waals surface area contributed by atoms with E-state index >= 15 is 0 Å². The SMILES string of the molecule is C[C@@H](c1ccccc1Cl)N1CCN(C(=O)c2ccc(Br)o2)CC1. The average Bonchev–Trinajstić information content (AvgIpc) is 3.01. The van der Waals surface area contributed by atoms with Crippen LogP contribution >= 0.6 is 27.5 Å². The van der Waals surface area contributed by atoms with Gasteiger partial charge in [0.25, 0.3) is 5.91 Å². The second kappa shape index (κ2) is 7.07. The topological polar surface area (TPSA) is 36.7 Å². The summed E-state index contributed by atoms with van der Waals surface area (Å²) in [5.41, 5.74) is 1.13. The second-order valence-electron chi connectivity index (χ2n) is 5.63. The van der Waals surface area contributed by atoms with Crippen LogP contribution < -0.4 is 0 Å². The van der Waals surface area contributed by atoms with Crippen LogP contribution in [0.2, 0.25) is 5.02 Å². The van der Waals surface area contributed by atoms with Crippen molar-refractivity contribution in [3.05, 3.63) is 57.4 Å². The van der Waals surface area contributed by atoms with Crippen LogP contribution in [0, 0.1) is 0 Å². The Labute approximate surface area is 149 Å². The maximum absolute atomic E-state index is 12.4. The Bertz CT molecular complexity index is 695. The van der Waals surface area contributed by atoms with Gasteiger partial charge in [-0.05, 0) is 46.6 Å². The molecule has 0 radical (unpaired) electrons. The van der Waals surface area contributed by atoms with Crippen molar-refractivity contribution in [2.75, 3.05) is 26.2 Å². The summed E-state index contributed by atoms with van der Waals surface area (Å²) in [6.45, 7) is 5.17. The number of carbonyl (C=O) groups is 1. The summed E-state index contributed by atoms with van der Waals surface area (Å²) in [6.07, 6.45) is 0. The molecule has 4 nitrogen and oxygen atoms in total. The van der Waals surface area contributed by atoms with E-state index in [0.29, 0.717) is 23.5 Å². The summed E-state index contributed by atoms with van der Waals surface area (Å²) in [6, 6.07) is 11.6. The molecule has 1 atom stereocenters. The van der Waals surface area contributed by atoms with Gasteiger partial charge in [0.05, 0.1) is 0 Å². The lowest BCUT2D eigenvalue weighted by atomic mass is 10.1. The largest absolute Gasteiger partial charge is 0.444 e. The highest BCUT2D eigenvalue weighted by Crippen LogP contribution is 2.28. The smallest absolute Gasteiger partial charge is 0.289 e. The number of hydrogen-bond acceptors (Lipinski definition) is 3. The van der Waals surface area contributed by atoms with Crippen LogP contribution in [-0.2, 0) is 0 Å². The van der Waals surface area contributed by atoms with Crippen molar-refractivity contribution < 1.29 is 9.21 Å². The van der Waals surface area contributed by atoms with Gasteiger partial charge in [-0.15, -0.1) is 0 Å². The molecule has 1 aliphatic heterocycles. The molecule has 1 aromatic carbocycles. The van der Waals surface area contributed by atoms with Gasteiger partial charge in [-0.2, -0.15) is 0 Å². The summed E-state index contributed by atoms with van der Waals surface area (Å²) in [4.78, 5) is 16.6. The molecule has 3 rings (SSSR count). The van der Waals surface area contributed by atoms with E-state index in [2.05, 4.69) is 33.8 Å². The van der Waals surface area contributed by atoms with E-state index in [9.17, 15) is 4.79 Å². The molecule has 1 saturated heterocycles. The lowest BCUT2D eigenvalue weighted by Crippen LogP contribution is -2.49. The van der Waals surface area contributed by atoms with Crippen molar-refractivity contribution in [2.24, 2.45) is 0 Å². The Balaban J connectivity index is 1.62. The van der Waals surface area contributed by atoms with Crippen molar-refractivity contribution in [2.45, 2.75) is 13.0 Å². The maximum atomic E-state index is 12.4. The first-order valence-electron chi connectivity index (χ1n) is 7.59. The fraction of sp³-hybridized carbons (Fsp3) is 0.353. The Kier molecular flexibility index (Phi) is 5.09. The van der Waals surface area contributed by atoms with Crippen LogP contribution in [0.15, 0.2) is 45.5 Å². The van der Waals surface area contributed by atoms with Gasteiger partial charge in [-0.25, -0.2) is 0 Å². The quantitative estimate of drug-likeness (QED) is 0.778. The average molecular weight is 398 g/mol. The monoisotopic (exact) mass is 396 g/mol. The molecule has 0 N–H and O–H groups in total. The van der Waals surface area contributed by atoms with E-state index < -0.39 is 0 Å². The normalized spacial score (nSPS) is 17.3. The molecule has 1 amide bonds. The molecule has 0 unspecified atom stereocenters. The van der Waals surface area contributed by atoms with Crippen LogP contribution in [0.4, 0.5) is 0 Å². The van der Waals surface area contributed by atoms with Gasteiger partial charge in [0.1, 0.15) is 0 Å². The summed E-state index contributed by atoms with van der Waals surface area (Å²) in [7, 11) is 0. The number of halogens is 2. The van der Waals surface area contributed by atoms with Crippen LogP contribution in [0.3, 0.4) is 0 Å². The minimum atomic E-state index is -0.0549. The maximum Gasteiger partial charge on any atom is 0.289 e. The Morgan fingerprint density at radius 1 is 1.17 bits per heavy atom. The van der Waals surface area contributed by atoms with Crippen LogP contribution in [0.5, 0.6) is 0 Å². The van der Waals surface area contributed by atoms with Crippen molar-refractivity contribution in [1.29, 1.82) is 0 Å². The fourth-order valence-electron chi connectivity index (χ4n) is 2.91. The number of benzene rings is 1. The molecule has 1 aromatic heterocycles. The van der Waals surface area contributed by atoms with E-state index in [1.54, 1.807) is 12.1 Å². The van der Waals surface area contributed by atoms with Gasteiger partial charge in [0.2, 0.25) is 0 Å². The molecule has 2 aromatic rings. The minimum absolute atomic E-state index is 0.0549. The zero-order valence-corrected chi connectivity index (χ0v) is 15.2. The van der Waals surface area contributed by atoms with Gasteiger partial charge in [-0.3, -0.25) is 9.69 Å². The number of furan rings is 1. The molecule has 23 heavy (non-hydrogen) atoms. The molecular formula is C17H18BrClN2O2. The molecule has 6 heteroatoms. The third kappa shape index (κ3) is 3.62. The predicted molar refractivity (Wildman–Crippen MR) is 93.8 cm³/mol. The molecule has 2 heterocycles. The van der Waals surface area contributed by atoms with Crippen molar-refractivity contribution in [1.82, 2.24) is 9.80 Å². The zero-order valence-electron chi connectivity index (χ0n) is 12.8. The molecule has 0 spiro atoms. The van der Waals surface area contributed by atoms with E-state index in [-0.39, 0.29) is 11.9 Å². The Morgan fingerprint density at radius 3 is 2.48 bits per heavy atom. The number of rotatable bonds is 3. The number of hydrogen-bond donors (Lipinski definition) is 0. The first-order valence-corrected chi connectivity index (χ1v) is 8.76. The Morgan fingerprint density at radius 2 is 1.87 bits per heavy atom. The van der Waals surface area contributed by atoms with Gasteiger partial charge in [0.15, 0.2) is 10.4 Å². The molecule has 0 aliphatic carbocycles. The predicted octanol–water partition coefficient (Wildman–Crippen LogP) is 4.21. The summed E-state index contributed by atoms with van der Waals surface area (Å²) in [5.74, 6) is 0.324. The Hall–Kier alpha value is -1.30. The molecule has 122 valence electrons. The number of amides is 1. The molecule has 0 saturated carbocycles. The highest BCUT2D eigenvalue weighted by molar-refractivity contribution is 9.10. The molecule has 1 aliphatic rings. The van der Waals surface area contributed by atoms with Gasteiger partial charge in [0, 0.05) is 37.2 Å². The highest BCUT2D eigenvalue weighted by atomic mass is 79.9. The molecule has 0 bridgehead atoms. The van der Waals surface area contributed by atoms with E-state index in [1.807, 2.05) is 23.1 Å². The highest BCUT2D eigenvalue weighted by Gasteiger charge is 2.27. The summed E-state index contributed by atoms with van der Waals surface area (Å²) >= 11 is 9.52. The first-order chi connectivity index (χ1) is 11.1. The van der Waals surface area contributed by atoms with Gasteiger partial charge < -0.3 is 9.32 Å². The zero-order chi connectivity index (χ0) is 16.4. The fourth-order valence-corrected chi connectivity index (χ4v) is 3.51. The minimum Gasteiger partial charge on any atom is -0.444 e. The van der Waals surface area contributed by atoms with Gasteiger partial charge in [-0.1, -0.05) is 29.8 Å². The number of nitrogens with zero attached hydrogens (tertiary/aromatic N) is 2. The standard InChI is InChI=1S/C17H18BrClN2O2/c1-12(13-4-2-3-5-14(13)19)20-8-10-21(11-9-20)17(22)15-6-7-16(18)23-15/h2-7,12H,8-11H2,1H3/t12-/m0/s1. The third-order valence-electron chi connectivity index (χ3n) is 4.29. The van der Waals surface area contributed by atoms with Crippen LogP contribution in [0.25, 0.3) is 0 Å². The van der Waals surface area contributed by atoms with Crippen LogP contribution in [0.1, 0.15) is 29.1 Å². The van der Waals surface area contributed by atoms with Crippen molar-refractivity contribution >= 4 is 33.4 Å². The summed E-state index contributed by atoms with van der Waals surface area (Å²) in [5, 5.41) is 0.791. The van der Waals surface area contributed by atoms with Crippen LogP contribution in [-0.4, -0.2) is 41.9 Å². The van der Waals surface area contributed by atoms with Gasteiger partial charge >= 0.3 is 0 Å². The van der Waals surface area contributed by atoms with Crippen molar-refractivity contribution in [3.8, 4) is 0 Å². The molecular weight excluding hydrogens is 380 g/mol. The van der Waals surface area contributed by atoms with E-state index in [0.717, 1.165) is 23.7 Å². The summed E-state index contributed by atoms with van der Waals surface area (Å²) < 4.78 is 5.93. The van der Waals surface area contributed by atoms with E-state index in [1.165, 1.54) is 0 Å². The number of piperazine rings is 1. The lowest BCUT2D eigenvalue weighted by molar-refractivity contribution is 0.0552. The number of carbonyl (C=O) groups excluding carboxylic acids is 1.